The number of hydrogen-bond acceptors (Lipinski definition) is 6. The lowest BCUT2D eigenvalue weighted by Gasteiger charge is -2.34. The van der Waals surface area contributed by atoms with Crippen molar-refractivity contribution in [3.8, 4) is 0 Å². The minimum absolute atomic E-state index is 0.148. The zero-order chi connectivity index (χ0) is 22.6. The maximum atomic E-state index is 13.5. The van der Waals surface area contributed by atoms with Crippen LogP contribution in [0.2, 0.25) is 0 Å². The molecule has 1 aromatic heterocycles. The van der Waals surface area contributed by atoms with E-state index in [1.165, 1.54) is 17.1 Å². The van der Waals surface area contributed by atoms with E-state index in [0.717, 1.165) is 44.0 Å². The van der Waals surface area contributed by atoms with Crippen LogP contribution in [0.3, 0.4) is 0 Å². The van der Waals surface area contributed by atoms with Gasteiger partial charge in [0, 0.05) is 19.7 Å². The summed E-state index contributed by atoms with van der Waals surface area (Å²) in [4.78, 5) is 13.3. The fourth-order valence-corrected chi connectivity index (χ4v) is 6.44. The van der Waals surface area contributed by atoms with E-state index < -0.39 is 16.1 Å². The number of nitrogens with one attached hydrogen (secondary N) is 1. The Hall–Kier alpha value is -2.04. The molecule has 1 unspecified atom stereocenters. The summed E-state index contributed by atoms with van der Waals surface area (Å²) in [6.45, 7) is 1.38. The average molecular weight is 464 g/mol. The van der Waals surface area contributed by atoms with Crippen molar-refractivity contribution in [3.05, 3.63) is 18.2 Å². The highest BCUT2D eigenvalue weighted by molar-refractivity contribution is 7.89. The molecule has 2 heterocycles. The fourth-order valence-electron chi connectivity index (χ4n) is 4.77. The predicted molar refractivity (Wildman–Crippen MR) is 121 cm³/mol. The van der Waals surface area contributed by atoms with Gasteiger partial charge in [0.05, 0.1) is 23.6 Å². The van der Waals surface area contributed by atoms with Crippen molar-refractivity contribution < 1.29 is 17.9 Å². The molecule has 2 fully saturated rings. The van der Waals surface area contributed by atoms with E-state index in [4.69, 9.17) is 4.74 Å². The molecular formula is C22H33N5O4S. The number of rotatable bonds is 7. The van der Waals surface area contributed by atoms with E-state index >= 15 is 0 Å². The Labute approximate surface area is 189 Å². The number of carbonyl (C=O) groups is 1. The summed E-state index contributed by atoms with van der Waals surface area (Å²) in [7, 11) is -2.22. The molecular weight excluding hydrogens is 430 g/mol. The molecule has 1 aliphatic carbocycles. The standard InChI is InChI=1S/C22H33N5O4S/c1-31-15-14-26-20-12-11-18(16-19(20)24-25-26)32(29,30)27-13-7-6-10-21(27)22(28)23-17-8-4-2-3-5-9-17/h11-12,16-17,21H,2-10,13-15H2,1H3,(H,23,28). The monoisotopic (exact) mass is 463 g/mol. The maximum absolute atomic E-state index is 13.5. The zero-order valence-electron chi connectivity index (χ0n) is 18.7. The van der Waals surface area contributed by atoms with E-state index in [0.29, 0.717) is 31.6 Å². The van der Waals surface area contributed by atoms with Crippen molar-refractivity contribution >= 4 is 27.0 Å². The molecule has 0 bridgehead atoms. The molecule has 1 aliphatic heterocycles. The number of ether oxygens (including phenoxy) is 1. The molecule has 10 heteroatoms. The van der Waals surface area contributed by atoms with Crippen molar-refractivity contribution in [3.63, 3.8) is 0 Å². The first-order chi connectivity index (χ1) is 15.5. The first-order valence-corrected chi connectivity index (χ1v) is 13.1. The van der Waals surface area contributed by atoms with Gasteiger partial charge < -0.3 is 10.1 Å². The molecule has 32 heavy (non-hydrogen) atoms. The van der Waals surface area contributed by atoms with Crippen molar-refractivity contribution in [2.75, 3.05) is 20.3 Å². The second-order valence-electron chi connectivity index (χ2n) is 8.78. The second-order valence-corrected chi connectivity index (χ2v) is 10.7. The molecule has 2 aliphatic rings. The number of aromatic nitrogens is 3. The molecule has 1 saturated heterocycles. The number of benzene rings is 1. The summed E-state index contributed by atoms with van der Waals surface area (Å²) in [6.07, 6.45) is 8.73. The topological polar surface area (TPSA) is 106 Å². The van der Waals surface area contributed by atoms with Crippen LogP contribution in [-0.2, 0) is 26.1 Å². The highest BCUT2D eigenvalue weighted by Gasteiger charge is 2.38. The van der Waals surface area contributed by atoms with Gasteiger partial charge in [0.15, 0.2) is 0 Å². The molecule has 1 N–H and O–H groups in total. The minimum atomic E-state index is -3.83. The van der Waals surface area contributed by atoms with Crippen LogP contribution in [0.4, 0.5) is 0 Å². The van der Waals surface area contributed by atoms with Gasteiger partial charge in [-0.25, -0.2) is 13.1 Å². The Morgan fingerprint density at radius 3 is 2.62 bits per heavy atom. The van der Waals surface area contributed by atoms with E-state index in [1.807, 2.05) is 0 Å². The number of sulfonamides is 1. The van der Waals surface area contributed by atoms with E-state index in [2.05, 4.69) is 15.6 Å². The smallest absolute Gasteiger partial charge is 0.243 e. The Kier molecular flexibility index (Phi) is 7.42. The van der Waals surface area contributed by atoms with E-state index in [-0.39, 0.29) is 16.8 Å². The number of piperidine rings is 1. The zero-order valence-corrected chi connectivity index (χ0v) is 19.5. The van der Waals surface area contributed by atoms with Gasteiger partial charge in [-0.2, -0.15) is 4.31 Å². The average Bonchev–Trinajstić information content (AvgIpc) is 3.03. The van der Waals surface area contributed by atoms with Crippen molar-refractivity contribution in [1.82, 2.24) is 24.6 Å². The van der Waals surface area contributed by atoms with E-state index in [1.54, 1.807) is 30.0 Å². The number of amides is 1. The van der Waals surface area contributed by atoms with Crippen molar-refractivity contribution in [2.24, 2.45) is 0 Å². The van der Waals surface area contributed by atoms with Gasteiger partial charge in [0.25, 0.3) is 0 Å². The summed E-state index contributed by atoms with van der Waals surface area (Å²) < 4.78 is 35.3. The third-order valence-corrected chi connectivity index (χ3v) is 8.46. The maximum Gasteiger partial charge on any atom is 0.243 e. The molecule has 2 aromatic rings. The summed E-state index contributed by atoms with van der Waals surface area (Å²) in [5.41, 5.74) is 1.26. The van der Waals surface area contributed by atoms with Gasteiger partial charge in [-0.15, -0.1) is 5.10 Å². The molecule has 1 saturated carbocycles. The Morgan fingerprint density at radius 1 is 1.12 bits per heavy atom. The van der Waals surface area contributed by atoms with Crippen LogP contribution in [0.1, 0.15) is 57.8 Å². The number of methoxy groups -OCH3 is 1. The van der Waals surface area contributed by atoms with Crippen LogP contribution in [-0.4, -0.2) is 66.0 Å². The predicted octanol–water partition coefficient (Wildman–Crippen LogP) is 2.46. The first kappa shape index (κ1) is 23.1. The van der Waals surface area contributed by atoms with Crippen LogP contribution in [0.25, 0.3) is 11.0 Å². The SMILES string of the molecule is COCCn1nnc2cc(S(=O)(=O)N3CCCCC3C(=O)NC3CCCCCC3)ccc21. The fraction of sp³-hybridized carbons (Fsp3) is 0.682. The molecule has 0 radical (unpaired) electrons. The number of nitrogens with zero attached hydrogens (tertiary/aromatic N) is 4. The van der Waals surface area contributed by atoms with E-state index in [9.17, 15) is 13.2 Å². The molecule has 4 rings (SSSR count). The Balaban J connectivity index is 1.54. The summed E-state index contributed by atoms with van der Waals surface area (Å²) in [5.74, 6) is -0.160. The normalized spacial score (nSPS) is 21.5. The molecule has 1 amide bonds. The van der Waals surface area contributed by atoms with Gasteiger partial charge in [-0.05, 0) is 43.9 Å². The summed E-state index contributed by atoms with van der Waals surface area (Å²) in [6, 6.07) is 4.34. The van der Waals surface area contributed by atoms with Crippen LogP contribution in [0.5, 0.6) is 0 Å². The van der Waals surface area contributed by atoms with Crippen molar-refractivity contribution in [1.29, 1.82) is 0 Å². The number of carbonyl (C=O) groups excluding carboxylic acids is 1. The lowest BCUT2D eigenvalue weighted by atomic mass is 10.0. The van der Waals surface area contributed by atoms with Crippen molar-refractivity contribution in [2.45, 2.75) is 81.3 Å². The summed E-state index contributed by atoms with van der Waals surface area (Å²) >= 11 is 0. The van der Waals surface area contributed by atoms with Gasteiger partial charge in [0.2, 0.25) is 15.9 Å². The first-order valence-electron chi connectivity index (χ1n) is 11.6. The van der Waals surface area contributed by atoms with Gasteiger partial charge in [-0.3, -0.25) is 4.79 Å². The third kappa shape index (κ3) is 4.97. The van der Waals surface area contributed by atoms with Gasteiger partial charge in [0.1, 0.15) is 11.6 Å². The lowest BCUT2D eigenvalue weighted by Crippen LogP contribution is -2.53. The lowest BCUT2D eigenvalue weighted by molar-refractivity contribution is -0.126. The van der Waals surface area contributed by atoms with Crippen LogP contribution < -0.4 is 5.32 Å². The third-order valence-electron chi connectivity index (χ3n) is 6.56. The molecule has 0 spiro atoms. The van der Waals surface area contributed by atoms with Crippen LogP contribution >= 0.6 is 0 Å². The largest absolute Gasteiger partial charge is 0.383 e. The highest BCUT2D eigenvalue weighted by atomic mass is 32.2. The molecule has 1 aromatic carbocycles. The second kappa shape index (κ2) is 10.3. The van der Waals surface area contributed by atoms with Gasteiger partial charge >= 0.3 is 0 Å². The molecule has 1 atom stereocenters. The number of hydrogen-bond donors (Lipinski definition) is 1. The highest BCUT2D eigenvalue weighted by Crippen LogP contribution is 2.28. The van der Waals surface area contributed by atoms with Gasteiger partial charge in [-0.1, -0.05) is 37.3 Å². The molecule has 9 nitrogen and oxygen atoms in total. The minimum Gasteiger partial charge on any atom is -0.383 e. The molecule has 176 valence electrons. The Morgan fingerprint density at radius 2 is 1.88 bits per heavy atom. The van der Waals surface area contributed by atoms with Crippen LogP contribution in [0, 0.1) is 0 Å². The summed E-state index contributed by atoms with van der Waals surface area (Å²) in [5, 5.41) is 11.4. The number of fused-ring (bicyclic) bond motifs is 1. The Bertz CT molecular complexity index is 1030. The van der Waals surface area contributed by atoms with Crippen LogP contribution in [0.15, 0.2) is 23.1 Å². The quantitative estimate of drug-likeness (QED) is 0.632.